The standard InChI is InChI=1S/C17H32O5/c1-2-3-4-5-6-7-8-9-10-11-21-15(12-18)17-16(20)14(19)13-22-17/h7-8,14-20H,2-6,9-13H2,1H3/b8-7+/t14-,15+,16-,17-/m1/s1. The van der Waals surface area contributed by atoms with Gasteiger partial charge in [0.25, 0.3) is 0 Å². The molecule has 0 aromatic rings. The van der Waals surface area contributed by atoms with Crippen molar-refractivity contribution in [1.82, 2.24) is 0 Å². The van der Waals surface area contributed by atoms with Crippen LogP contribution in [0, 0.1) is 0 Å². The second kappa shape index (κ2) is 12.0. The highest BCUT2D eigenvalue weighted by atomic mass is 16.6. The van der Waals surface area contributed by atoms with Crippen LogP contribution in [-0.2, 0) is 9.47 Å². The molecule has 1 fully saturated rings. The smallest absolute Gasteiger partial charge is 0.114 e. The molecule has 1 heterocycles. The van der Waals surface area contributed by atoms with Gasteiger partial charge in [0.1, 0.15) is 24.4 Å². The number of aliphatic hydroxyl groups is 3. The van der Waals surface area contributed by atoms with Crippen molar-refractivity contribution >= 4 is 0 Å². The Labute approximate surface area is 133 Å². The van der Waals surface area contributed by atoms with E-state index in [1.54, 1.807) is 0 Å². The van der Waals surface area contributed by atoms with Gasteiger partial charge in [0.05, 0.1) is 13.2 Å². The van der Waals surface area contributed by atoms with Gasteiger partial charge in [0, 0.05) is 6.61 Å². The summed E-state index contributed by atoms with van der Waals surface area (Å²) < 4.78 is 10.8. The number of hydrogen-bond donors (Lipinski definition) is 3. The SMILES string of the molecule is CCCCCC/C=C/CCCO[C@@H](CO)[C@H]1OC[C@@H](O)[C@H]1O. The predicted molar refractivity (Wildman–Crippen MR) is 85.7 cm³/mol. The van der Waals surface area contributed by atoms with E-state index in [0.29, 0.717) is 6.61 Å². The van der Waals surface area contributed by atoms with Crippen molar-refractivity contribution in [3.63, 3.8) is 0 Å². The zero-order valence-corrected chi connectivity index (χ0v) is 13.7. The molecule has 0 aliphatic carbocycles. The summed E-state index contributed by atoms with van der Waals surface area (Å²) in [5.74, 6) is 0. The third kappa shape index (κ3) is 7.20. The number of hydrogen-bond acceptors (Lipinski definition) is 5. The first-order valence-electron chi connectivity index (χ1n) is 8.55. The van der Waals surface area contributed by atoms with Crippen LogP contribution in [-0.4, -0.2) is 59.6 Å². The lowest BCUT2D eigenvalue weighted by Crippen LogP contribution is -2.42. The Bertz CT molecular complexity index is 295. The van der Waals surface area contributed by atoms with Crippen LogP contribution in [0.25, 0.3) is 0 Å². The molecule has 1 aliphatic heterocycles. The summed E-state index contributed by atoms with van der Waals surface area (Å²) in [4.78, 5) is 0. The molecule has 1 aliphatic rings. The zero-order chi connectivity index (χ0) is 16.2. The first kappa shape index (κ1) is 19.6. The first-order valence-corrected chi connectivity index (χ1v) is 8.55. The fraction of sp³-hybridized carbons (Fsp3) is 0.882. The highest BCUT2D eigenvalue weighted by Gasteiger charge is 2.40. The van der Waals surface area contributed by atoms with Gasteiger partial charge in [-0.1, -0.05) is 38.3 Å². The molecule has 130 valence electrons. The van der Waals surface area contributed by atoms with E-state index < -0.39 is 24.4 Å². The molecule has 0 spiro atoms. The van der Waals surface area contributed by atoms with Gasteiger partial charge in [-0.15, -0.1) is 0 Å². The number of ether oxygens (including phenoxy) is 2. The summed E-state index contributed by atoms with van der Waals surface area (Å²) in [6.45, 7) is 2.59. The first-order chi connectivity index (χ1) is 10.7. The lowest BCUT2D eigenvalue weighted by Gasteiger charge is -2.24. The summed E-state index contributed by atoms with van der Waals surface area (Å²) in [7, 11) is 0. The van der Waals surface area contributed by atoms with E-state index in [0.717, 1.165) is 19.3 Å². The van der Waals surface area contributed by atoms with Gasteiger partial charge in [-0.2, -0.15) is 0 Å². The van der Waals surface area contributed by atoms with Crippen molar-refractivity contribution in [3.8, 4) is 0 Å². The lowest BCUT2D eigenvalue weighted by atomic mass is 10.1. The molecule has 5 nitrogen and oxygen atoms in total. The monoisotopic (exact) mass is 316 g/mol. The Morgan fingerprint density at radius 2 is 1.86 bits per heavy atom. The molecular formula is C17H32O5. The van der Waals surface area contributed by atoms with E-state index in [1.807, 2.05) is 0 Å². The average molecular weight is 316 g/mol. The molecular weight excluding hydrogens is 284 g/mol. The maximum Gasteiger partial charge on any atom is 0.114 e. The van der Waals surface area contributed by atoms with Crippen molar-refractivity contribution in [2.45, 2.75) is 76.3 Å². The van der Waals surface area contributed by atoms with Crippen molar-refractivity contribution in [1.29, 1.82) is 0 Å². The lowest BCUT2D eigenvalue weighted by molar-refractivity contribution is -0.101. The normalized spacial score (nSPS) is 26.8. The Kier molecular flexibility index (Phi) is 10.7. The van der Waals surface area contributed by atoms with Gasteiger partial charge in [0.2, 0.25) is 0 Å². The molecule has 0 amide bonds. The number of allylic oxidation sites excluding steroid dienone is 2. The van der Waals surface area contributed by atoms with Crippen molar-refractivity contribution in [2.24, 2.45) is 0 Å². The molecule has 4 atom stereocenters. The Balaban J connectivity index is 2.06. The fourth-order valence-electron chi connectivity index (χ4n) is 2.57. The third-order valence-electron chi connectivity index (χ3n) is 3.97. The molecule has 1 saturated heterocycles. The van der Waals surface area contributed by atoms with Crippen LogP contribution in [0.1, 0.15) is 51.9 Å². The van der Waals surface area contributed by atoms with Gasteiger partial charge in [0.15, 0.2) is 0 Å². The van der Waals surface area contributed by atoms with Crippen LogP contribution >= 0.6 is 0 Å². The van der Waals surface area contributed by atoms with E-state index in [4.69, 9.17) is 9.47 Å². The van der Waals surface area contributed by atoms with Crippen LogP contribution < -0.4 is 0 Å². The van der Waals surface area contributed by atoms with E-state index in [9.17, 15) is 15.3 Å². The molecule has 0 aromatic carbocycles. The summed E-state index contributed by atoms with van der Waals surface area (Å²) >= 11 is 0. The quantitative estimate of drug-likeness (QED) is 0.378. The van der Waals surface area contributed by atoms with Crippen LogP contribution in [0.2, 0.25) is 0 Å². The molecule has 22 heavy (non-hydrogen) atoms. The fourth-order valence-corrected chi connectivity index (χ4v) is 2.57. The second-order valence-electron chi connectivity index (χ2n) is 5.91. The number of rotatable bonds is 12. The minimum Gasteiger partial charge on any atom is -0.394 e. The van der Waals surface area contributed by atoms with Crippen molar-refractivity contribution in [2.75, 3.05) is 19.8 Å². The van der Waals surface area contributed by atoms with Crippen LogP contribution in [0.4, 0.5) is 0 Å². The summed E-state index contributed by atoms with van der Waals surface area (Å²) in [6, 6.07) is 0. The third-order valence-corrected chi connectivity index (χ3v) is 3.97. The van der Waals surface area contributed by atoms with Gasteiger partial charge in [-0.3, -0.25) is 0 Å². The largest absolute Gasteiger partial charge is 0.394 e. The van der Waals surface area contributed by atoms with Gasteiger partial charge < -0.3 is 24.8 Å². The number of unbranched alkanes of at least 4 members (excludes halogenated alkanes) is 5. The maximum absolute atomic E-state index is 9.74. The molecule has 1 rings (SSSR count). The van der Waals surface area contributed by atoms with Crippen molar-refractivity contribution < 1.29 is 24.8 Å². The van der Waals surface area contributed by atoms with Gasteiger partial charge in [-0.25, -0.2) is 0 Å². The van der Waals surface area contributed by atoms with E-state index >= 15 is 0 Å². The zero-order valence-electron chi connectivity index (χ0n) is 13.7. The van der Waals surface area contributed by atoms with E-state index in [2.05, 4.69) is 19.1 Å². The minimum atomic E-state index is -0.986. The van der Waals surface area contributed by atoms with E-state index in [1.165, 1.54) is 25.7 Å². The van der Waals surface area contributed by atoms with Crippen molar-refractivity contribution in [3.05, 3.63) is 12.2 Å². The topological polar surface area (TPSA) is 79.2 Å². The predicted octanol–water partition coefficient (Wildman–Crippen LogP) is 1.79. The maximum atomic E-state index is 9.74. The Hall–Kier alpha value is -0.460. The molecule has 5 heteroatoms. The van der Waals surface area contributed by atoms with Crippen LogP contribution in [0.3, 0.4) is 0 Å². The molecule has 0 bridgehead atoms. The van der Waals surface area contributed by atoms with Crippen LogP contribution in [0.5, 0.6) is 0 Å². The molecule has 3 N–H and O–H groups in total. The summed E-state index contributed by atoms with van der Waals surface area (Å²) in [5, 5.41) is 28.5. The minimum absolute atomic E-state index is 0.0897. The van der Waals surface area contributed by atoms with Crippen LogP contribution in [0.15, 0.2) is 12.2 Å². The van der Waals surface area contributed by atoms with Gasteiger partial charge >= 0.3 is 0 Å². The summed E-state index contributed by atoms with van der Waals surface area (Å²) in [6.07, 6.45) is 9.39. The molecule has 0 saturated carbocycles. The Morgan fingerprint density at radius 1 is 1.14 bits per heavy atom. The highest BCUT2D eigenvalue weighted by Crippen LogP contribution is 2.19. The second-order valence-corrected chi connectivity index (χ2v) is 5.91. The summed E-state index contributed by atoms with van der Waals surface area (Å²) in [5.41, 5.74) is 0. The van der Waals surface area contributed by atoms with E-state index in [-0.39, 0.29) is 13.2 Å². The molecule has 0 aromatic heterocycles. The highest BCUT2D eigenvalue weighted by molar-refractivity contribution is 4.88. The molecule has 0 radical (unpaired) electrons. The average Bonchev–Trinajstić information content (AvgIpc) is 2.85. The number of aliphatic hydroxyl groups excluding tert-OH is 3. The Morgan fingerprint density at radius 3 is 2.45 bits per heavy atom. The van der Waals surface area contributed by atoms with Gasteiger partial charge in [-0.05, 0) is 25.7 Å². The molecule has 0 unspecified atom stereocenters.